The minimum absolute atomic E-state index is 0.0806. The molecule has 2 rings (SSSR count). The monoisotopic (exact) mass is 279 g/mol. The predicted molar refractivity (Wildman–Crippen MR) is 79.4 cm³/mol. The maximum Gasteiger partial charge on any atom is 0.161 e. The van der Waals surface area contributed by atoms with Crippen molar-refractivity contribution < 1.29 is 14.6 Å². The zero-order chi connectivity index (χ0) is 14.3. The lowest BCUT2D eigenvalue weighted by molar-refractivity contribution is 0.156. The molecule has 112 valence electrons. The first-order chi connectivity index (χ1) is 9.79. The summed E-state index contributed by atoms with van der Waals surface area (Å²) in [4.78, 5) is 0. The Morgan fingerprint density at radius 3 is 2.40 bits per heavy atom. The molecule has 0 spiro atoms. The van der Waals surface area contributed by atoms with Gasteiger partial charge in [-0.2, -0.15) is 0 Å². The highest BCUT2D eigenvalue weighted by Crippen LogP contribution is 2.29. The Hall–Kier alpha value is -1.26. The van der Waals surface area contributed by atoms with Crippen molar-refractivity contribution in [3.63, 3.8) is 0 Å². The number of ether oxygens (including phenoxy) is 2. The highest BCUT2D eigenvalue weighted by molar-refractivity contribution is 5.39. The zero-order valence-corrected chi connectivity index (χ0v) is 12.2. The number of rotatable bonds is 8. The number of nitrogens with one attached hydrogen (secondary N) is 1. The van der Waals surface area contributed by atoms with Crippen molar-refractivity contribution in [2.45, 2.75) is 38.1 Å². The summed E-state index contributed by atoms with van der Waals surface area (Å²) in [5, 5.41) is 13.0. The summed E-state index contributed by atoms with van der Waals surface area (Å²) in [5.41, 5.74) is -0.0806. The molecule has 0 amide bonds. The molecule has 1 aromatic carbocycles. The van der Waals surface area contributed by atoms with Crippen molar-refractivity contribution in [3.05, 3.63) is 24.3 Å². The lowest BCUT2D eigenvalue weighted by Crippen LogP contribution is -2.47. The Balaban J connectivity index is 1.78. The second kappa shape index (κ2) is 7.50. The van der Waals surface area contributed by atoms with Crippen LogP contribution in [-0.4, -0.2) is 37.0 Å². The first-order valence-electron chi connectivity index (χ1n) is 7.50. The van der Waals surface area contributed by atoms with Gasteiger partial charge in [-0.15, -0.1) is 0 Å². The smallest absolute Gasteiger partial charge is 0.161 e. The number of para-hydroxylation sites is 2. The summed E-state index contributed by atoms with van der Waals surface area (Å²) in [7, 11) is 0. The lowest BCUT2D eigenvalue weighted by Gasteiger charge is -2.28. The highest BCUT2D eigenvalue weighted by atomic mass is 16.5. The van der Waals surface area contributed by atoms with E-state index in [-0.39, 0.29) is 12.1 Å². The SMILES string of the molecule is CCOc1ccccc1OCCNC1(CO)CCCC1. The van der Waals surface area contributed by atoms with Crippen molar-refractivity contribution in [1.29, 1.82) is 0 Å². The Morgan fingerprint density at radius 2 is 1.80 bits per heavy atom. The maximum atomic E-state index is 9.52. The molecule has 20 heavy (non-hydrogen) atoms. The van der Waals surface area contributed by atoms with E-state index in [1.807, 2.05) is 31.2 Å². The van der Waals surface area contributed by atoms with Gasteiger partial charge in [0.15, 0.2) is 11.5 Å². The molecule has 1 aliphatic carbocycles. The van der Waals surface area contributed by atoms with E-state index in [2.05, 4.69) is 5.32 Å². The van der Waals surface area contributed by atoms with Crippen molar-refractivity contribution in [3.8, 4) is 11.5 Å². The fraction of sp³-hybridized carbons (Fsp3) is 0.625. The van der Waals surface area contributed by atoms with E-state index in [0.717, 1.165) is 30.9 Å². The van der Waals surface area contributed by atoms with Gasteiger partial charge < -0.3 is 19.9 Å². The standard InChI is InChI=1S/C16H25NO3/c1-2-19-14-7-3-4-8-15(14)20-12-11-17-16(13-18)9-5-6-10-16/h3-4,7-8,17-18H,2,5-6,9-13H2,1H3. The van der Waals surface area contributed by atoms with Crippen LogP contribution in [0.4, 0.5) is 0 Å². The maximum absolute atomic E-state index is 9.52. The summed E-state index contributed by atoms with van der Waals surface area (Å²) < 4.78 is 11.3. The third-order valence-corrected chi connectivity index (χ3v) is 3.87. The number of aliphatic hydroxyl groups is 1. The molecule has 1 aliphatic rings. The molecule has 0 aliphatic heterocycles. The van der Waals surface area contributed by atoms with E-state index < -0.39 is 0 Å². The van der Waals surface area contributed by atoms with Gasteiger partial charge in [-0.05, 0) is 31.9 Å². The molecule has 0 atom stereocenters. The largest absolute Gasteiger partial charge is 0.490 e. The Morgan fingerprint density at radius 1 is 1.15 bits per heavy atom. The number of hydrogen-bond donors (Lipinski definition) is 2. The normalized spacial score (nSPS) is 17.1. The fourth-order valence-electron chi connectivity index (χ4n) is 2.76. The fourth-order valence-corrected chi connectivity index (χ4v) is 2.76. The predicted octanol–water partition coefficient (Wildman–Crippen LogP) is 2.36. The average molecular weight is 279 g/mol. The van der Waals surface area contributed by atoms with Crippen LogP contribution in [0.25, 0.3) is 0 Å². The summed E-state index contributed by atoms with van der Waals surface area (Å²) in [5.74, 6) is 1.56. The van der Waals surface area contributed by atoms with Crippen LogP contribution in [0, 0.1) is 0 Å². The van der Waals surface area contributed by atoms with Crippen molar-refractivity contribution in [2.75, 3.05) is 26.4 Å². The molecule has 0 radical (unpaired) electrons. The van der Waals surface area contributed by atoms with Crippen LogP contribution < -0.4 is 14.8 Å². The van der Waals surface area contributed by atoms with Gasteiger partial charge in [0, 0.05) is 12.1 Å². The molecule has 0 aromatic heterocycles. The van der Waals surface area contributed by atoms with Crippen molar-refractivity contribution in [1.82, 2.24) is 5.32 Å². The average Bonchev–Trinajstić information content (AvgIpc) is 2.95. The topological polar surface area (TPSA) is 50.7 Å². The molecule has 1 saturated carbocycles. The van der Waals surface area contributed by atoms with E-state index in [9.17, 15) is 5.11 Å². The van der Waals surface area contributed by atoms with Gasteiger partial charge in [0.1, 0.15) is 6.61 Å². The lowest BCUT2D eigenvalue weighted by atomic mass is 9.99. The van der Waals surface area contributed by atoms with Crippen LogP contribution in [0.5, 0.6) is 11.5 Å². The number of hydrogen-bond acceptors (Lipinski definition) is 4. The summed E-state index contributed by atoms with van der Waals surface area (Å²) in [6, 6.07) is 7.72. The Bertz CT molecular complexity index is 402. The van der Waals surface area contributed by atoms with Gasteiger partial charge >= 0.3 is 0 Å². The van der Waals surface area contributed by atoms with E-state index in [1.54, 1.807) is 0 Å². The first kappa shape index (κ1) is 15.1. The minimum Gasteiger partial charge on any atom is -0.490 e. The molecule has 0 heterocycles. The van der Waals surface area contributed by atoms with Crippen LogP contribution in [0.3, 0.4) is 0 Å². The van der Waals surface area contributed by atoms with Crippen LogP contribution in [0.2, 0.25) is 0 Å². The molecular weight excluding hydrogens is 254 g/mol. The van der Waals surface area contributed by atoms with E-state index in [4.69, 9.17) is 9.47 Å². The van der Waals surface area contributed by atoms with Crippen LogP contribution in [-0.2, 0) is 0 Å². The molecular formula is C16H25NO3. The van der Waals surface area contributed by atoms with Gasteiger partial charge in [-0.3, -0.25) is 0 Å². The van der Waals surface area contributed by atoms with Gasteiger partial charge in [0.2, 0.25) is 0 Å². The van der Waals surface area contributed by atoms with E-state index >= 15 is 0 Å². The number of benzene rings is 1. The second-order valence-electron chi connectivity index (χ2n) is 5.30. The summed E-state index contributed by atoms with van der Waals surface area (Å²) >= 11 is 0. The molecule has 2 N–H and O–H groups in total. The molecule has 0 unspecified atom stereocenters. The third-order valence-electron chi connectivity index (χ3n) is 3.87. The van der Waals surface area contributed by atoms with Gasteiger partial charge in [-0.1, -0.05) is 25.0 Å². The zero-order valence-electron chi connectivity index (χ0n) is 12.2. The van der Waals surface area contributed by atoms with Crippen LogP contribution in [0.1, 0.15) is 32.6 Å². The molecule has 0 saturated heterocycles. The first-order valence-corrected chi connectivity index (χ1v) is 7.50. The summed E-state index contributed by atoms with van der Waals surface area (Å²) in [6.07, 6.45) is 4.50. The van der Waals surface area contributed by atoms with E-state index in [0.29, 0.717) is 13.2 Å². The van der Waals surface area contributed by atoms with Crippen molar-refractivity contribution >= 4 is 0 Å². The number of aliphatic hydroxyl groups excluding tert-OH is 1. The van der Waals surface area contributed by atoms with Crippen LogP contribution >= 0.6 is 0 Å². The molecule has 0 bridgehead atoms. The highest BCUT2D eigenvalue weighted by Gasteiger charge is 2.32. The van der Waals surface area contributed by atoms with Crippen LogP contribution in [0.15, 0.2) is 24.3 Å². The van der Waals surface area contributed by atoms with Gasteiger partial charge in [0.05, 0.1) is 13.2 Å². The molecule has 1 aromatic rings. The van der Waals surface area contributed by atoms with Gasteiger partial charge in [0.25, 0.3) is 0 Å². The van der Waals surface area contributed by atoms with E-state index in [1.165, 1.54) is 12.8 Å². The Labute approximate surface area is 121 Å². The third kappa shape index (κ3) is 3.87. The molecule has 1 fully saturated rings. The second-order valence-corrected chi connectivity index (χ2v) is 5.30. The minimum atomic E-state index is -0.0806. The van der Waals surface area contributed by atoms with Crippen molar-refractivity contribution in [2.24, 2.45) is 0 Å². The Kier molecular flexibility index (Phi) is 5.68. The van der Waals surface area contributed by atoms with Gasteiger partial charge in [-0.25, -0.2) is 0 Å². The molecule has 4 heteroatoms. The summed E-state index contributed by atoms with van der Waals surface area (Å²) in [6.45, 7) is 4.12. The molecule has 4 nitrogen and oxygen atoms in total. The quantitative estimate of drug-likeness (QED) is 0.717.